The highest BCUT2D eigenvalue weighted by Crippen LogP contribution is 2.31. The van der Waals surface area contributed by atoms with E-state index < -0.39 is 65.2 Å². The van der Waals surface area contributed by atoms with Crippen molar-refractivity contribution in [1.82, 2.24) is 25.3 Å². The van der Waals surface area contributed by atoms with Gasteiger partial charge >= 0.3 is 18.2 Å². The van der Waals surface area contributed by atoms with E-state index in [4.69, 9.17) is 20.6 Å². The third-order valence-corrected chi connectivity index (χ3v) is 9.33. The fourth-order valence-electron chi connectivity index (χ4n) is 6.34. The summed E-state index contributed by atoms with van der Waals surface area (Å²) in [6.45, 7) is 10.1. The highest BCUT2D eigenvalue weighted by Gasteiger charge is 2.46. The number of likely N-dealkylation sites (tertiary alicyclic amines) is 1. The van der Waals surface area contributed by atoms with E-state index >= 15 is 0 Å². The van der Waals surface area contributed by atoms with Crippen LogP contribution in [0, 0.1) is 17.8 Å². The van der Waals surface area contributed by atoms with E-state index in [1.807, 2.05) is 18.7 Å². The molecule has 0 aliphatic carbocycles. The molecule has 2 aliphatic rings. The number of ether oxygens (including phenoxy) is 3. The highest BCUT2D eigenvalue weighted by atomic mass is 16.6. The zero-order valence-corrected chi connectivity index (χ0v) is 31.3. The first kappa shape index (κ1) is 40.6. The lowest BCUT2D eigenvalue weighted by Crippen LogP contribution is -2.61. The van der Waals surface area contributed by atoms with Gasteiger partial charge in [-0.05, 0) is 69.0 Å². The molecule has 0 radical (unpaired) electrons. The smallest absolute Gasteiger partial charge is 0.413 e. The van der Waals surface area contributed by atoms with Crippen LogP contribution in [0.5, 0.6) is 5.75 Å². The van der Waals surface area contributed by atoms with Crippen molar-refractivity contribution in [1.29, 1.82) is 0 Å². The molecule has 2 aromatic rings. The predicted octanol–water partition coefficient (Wildman–Crippen LogP) is 2.91. The van der Waals surface area contributed by atoms with E-state index in [0.29, 0.717) is 25.1 Å². The number of piperazine rings is 1. The number of nitrogens with one attached hydrogen (secondary N) is 2. The van der Waals surface area contributed by atoms with Crippen molar-refractivity contribution in [2.45, 2.75) is 83.8 Å². The maximum atomic E-state index is 14.5. The first-order valence-electron chi connectivity index (χ1n) is 17.7. The minimum Gasteiger partial charge on any atom is -0.467 e. The van der Waals surface area contributed by atoms with Gasteiger partial charge in [-0.2, -0.15) is 0 Å². The Labute approximate surface area is 311 Å². The van der Waals surface area contributed by atoms with Crippen LogP contribution < -0.4 is 15.4 Å². The average Bonchev–Trinajstić information content (AvgIpc) is 3.52. The number of rotatable bonds is 11. The summed E-state index contributed by atoms with van der Waals surface area (Å²) in [4.78, 5) is 71.6. The van der Waals surface area contributed by atoms with Crippen LogP contribution >= 0.6 is 0 Å². The molecule has 4 atom stereocenters. The Kier molecular flexibility index (Phi) is 13.5. The quantitative estimate of drug-likeness (QED) is 0.231. The van der Waals surface area contributed by atoms with E-state index in [1.165, 1.54) is 16.9 Å². The lowest BCUT2D eigenvalue weighted by Gasteiger charge is -2.42. The van der Waals surface area contributed by atoms with Crippen molar-refractivity contribution in [3.05, 3.63) is 65.7 Å². The Morgan fingerprint density at radius 3 is 2.25 bits per heavy atom. The maximum Gasteiger partial charge on any atom is 0.413 e. The molecule has 2 aliphatic heterocycles. The van der Waals surface area contributed by atoms with Crippen molar-refractivity contribution < 1.29 is 43.3 Å². The average molecular weight is 734 g/mol. The van der Waals surface area contributed by atoms with Gasteiger partial charge in [-0.25, -0.2) is 14.4 Å². The molecule has 3 N–H and O–H groups in total. The first-order valence-corrected chi connectivity index (χ1v) is 17.7. The number of benzene rings is 2. The minimum atomic E-state index is -1.19. The standard InChI is InChI=1S/C39H51N5O9/c1-8-26-14-16-27(17-15-26)23-40-33(46)30-22-28(45)24-44(30)34(47)32(41-36(49)52-29-12-10-9-11-13-29)39(5,6)18-19-42-20-21-43(31(25-42)35(48)51-7)37(50)53-38(2,3)4/h1,9-17,28,30-32,45H,18-25H2,2-7H3,(H,40,46)(H,41,49)/t28-,30+,31+,32+/m1/s1. The number of β-amino-alcohol motifs (C(OH)–C–C–N with tert-alkyl or cyclic N) is 1. The lowest BCUT2D eigenvalue weighted by molar-refractivity contribution is -0.149. The molecule has 4 rings (SSSR count). The third-order valence-electron chi connectivity index (χ3n) is 9.33. The summed E-state index contributed by atoms with van der Waals surface area (Å²) in [5.74, 6) is 1.23. The largest absolute Gasteiger partial charge is 0.467 e. The van der Waals surface area contributed by atoms with Gasteiger partial charge in [0.1, 0.15) is 29.5 Å². The van der Waals surface area contributed by atoms with Crippen molar-refractivity contribution >= 4 is 30.0 Å². The van der Waals surface area contributed by atoms with E-state index in [-0.39, 0.29) is 38.3 Å². The number of nitrogens with zero attached hydrogens (tertiary/aromatic N) is 3. The molecule has 0 bridgehead atoms. The van der Waals surface area contributed by atoms with E-state index in [1.54, 1.807) is 75.4 Å². The molecule has 0 aromatic heterocycles. The second-order valence-electron chi connectivity index (χ2n) is 15.0. The Balaban J connectivity index is 1.51. The summed E-state index contributed by atoms with van der Waals surface area (Å²) in [6.07, 6.45) is 3.37. The van der Waals surface area contributed by atoms with Crippen molar-refractivity contribution in [3.63, 3.8) is 0 Å². The number of methoxy groups -OCH3 is 1. The molecule has 14 heteroatoms. The molecule has 4 amide bonds. The predicted molar refractivity (Wildman–Crippen MR) is 195 cm³/mol. The molecule has 2 fully saturated rings. The Bertz CT molecular complexity index is 1650. The van der Waals surface area contributed by atoms with E-state index in [9.17, 15) is 29.1 Å². The van der Waals surface area contributed by atoms with Crippen LogP contribution in [-0.4, -0.2) is 119 Å². The highest BCUT2D eigenvalue weighted by molar-refractivity contribution is 5.92. The van der Waals surface area contributed by atoms with Gasteiger partial charge in [0.25, 0.3) is 0 Å². The fourth-order valence-corrected chi connectivity index (χ4v) is 6.34. The third kappa shape index (κ3) is 11.2. The Hall–Kier alpha value is -5.13. The van der Waals surface area contributed by atoms with Crippen molar-refractivity contribution in [2.24, 2.45) is 5.41 Å². The topological polar surface area (TPSA) is 167 Å². The lowest BCUT2D eigenvalue weighted by atomic mass is 9.80. The van der Waals surface area contributed by atoms with Gasteiger partial charge in [-0.15, -0.1) is 6.42 Å². The summed E-state index contributed by atoms with van der Waals surface area (Å²) < 4.78 is 16.0. The zero-order chi connectivity index (χ0) is 38.9. The summed E-state index contributed by atoms with van der Waals surface area (Å²) in [7, 11) is 1.26. The van der Waals surface area contributed by atoms with Crippen molar-refractivity contribution in [2.75, 3.05) is 39.8 Å². The van der Waals surface area contributed by atoms with Crippen LogP contribution in [-0.2, 0) is 30.4 Å². The maximum absolute atomic E-state index is 14.5. The fraction of sp³-hybridized carbons (Fsp3) is 0.513. The number of aliphatic hydroxyl groups excluding tert-OH is 1. The monoisotopic (exact) mass is 733 g/mol. The number of para-hydroxylation sites is 1. The number of hydrogen-bond acceptors (Lipinski definition) is 10. The van der Waals surface area contributed by atoms with Crippen LogP contribution in [0.15, 0.2) is 54.6 Å². The number of carbonyl (C=O) groups is 5. The van der Waals surface area contributed by atoms with Gasteiger partial charge in [-0.3, -0.25) is 19.4 Å². The van der Waals surface area contributed by atoms with Gasteiger partial charge < -0.3 is 34.9 Å². The molecule has 53 heavy (non-hydrogen) atoms. The molecular formula is C39H51N5O9. The molecule has 0 saturated carbocycles. The molecule has 2 aromatic carbocycles. The summed E-state index contributed by atoms with van der Waals surface area (Å²) in [5.41, 5.74) is -0.188. The second-order valence-corrected chi connectivity index (χ2v) is 15.0. The van der Waals surface area contributed by atoms with Crippen molar-refractivity contribution in [3.8, 4) is 18.1 Å². The normalized spacial score (nSPS) is 19.8. The van der Waals surface area contributed by atoms with Gasteiger partial charge in [0.05, 0.1) is 13.2 Å². The second kappa shape index (κ2) is 17.6. The summed E-state index contributed by atoms with van der Waals surface area (Å²) >= 11 is 0. The SMILES string of the molecule is C#Cc1ccc(CNC(=O)[C@@H]2C[C@@H](O)CN2C(=O)[C@H](NC(=O)Oc2ccccc2)C(C)(C)CCN2CCN(C(=O)OC(C)(C)C)[C@H](C(=O)OC)C2)cc1. The molecule has 2 heterocycles. The molecule has 0 unspecified atom stereocenters. The molecular weight excluding hydrogens is 682 g/mol. The molecule has 2 saturated heterocycles. The summed E-state index contributed by atoms with van der Waals surface area (Å²) in [5, 5.41) is 16.3. The molecule has 0 spiro atoms. The van der Waals surface area contributed by atoms with Crippen LogP contribution in [0.25, 0.3) is 0 Å². The van der Waals surface area contributed by atoms with Gasteiger partial charge in [0.15, 0.2) is 0 Å². The van der Waals surface area contributed by atoms with Crippen LogP contribution in [0.2, 0.25) is 0 Å². The van der Waals surface area contributed by atoms with Gasteiger partial charge in [0, 0.05) is 44.7 Å². The molecule has 286 valence electrons. The first-order chi connectivity index (χ1) is 25.0. The number of terminal acetylenes is 1. The minimum absolute atomic E-state index is 0.0199. The number of aliphatic hydroxyl groups is 1. The zero-order valence-electron chi connectivity index (χ0n) is 31.3. The summed E-state index contributed by atoms with van der Waals surface area (Å²) in [6, 6.07) is 12.4. The van der Waals surface area contributed by atoms with E-state index in [0.717, 1.165) is 5.56 Å². The van der Waals surface area contributed by atoms with Crippen LogP contribution in [0.1, 0.15) is 58.6 Å². The number of amides is 4. The Morgan fingerprint density at radius 1 is 0.943 bits per heavy atom. The molecule has 14 nitrogen and oxygen atoms in total. The number of carbonyl (C=O) groups excluding carboxylic acids is 5. The number of hydrogen-bond donors (Lipinski definition) is 3. The van der Waals surface area contributed by atoms with Crippen LogP contribution in [0.3, 0.4) is 0 Å². The Morgan fingerprint density at radius 2 is 1.62 bits per heavy atom. The van der Waals surface area contributed by atoms with Crippen LogP contribution in [0.4, 0.5) is 9.59 Å². The van der Waals surface area contributed by atoms with Gasteiger partial charge in [0.2, 0.25) is 11.8 Å². The van der Waals surface area contributed by atoms with Gasteiger partial charge in [-0.1, -0.05) is 50.1 Å². The number of esters is 1. The van der Waals surface area contributed by atoms with E-state index in [2.05, 4.69) is 16.6 Å².